The van der Waals surface area contributed by atoms with Gasteiger partial charge in [0.05, 0.1) is 132 Å². The number of nitrogens with two attached hydrogens (primary N) is 3. The van der Waals surface area contributed by atoms with Crippen molar-refractivity contribution in [1.82, 2.24) is 58.3 Å². The van der Waals surface area contributed by atoms with Crippen molar-refractivity contribution in [2.75, 3.05) is 90.8 Å². The third-order valence-corrected chi connectivity index (χ3v) is 27.5. The molecule has 0 radical (unpaired) electrons. The van der Waals surface area contributed by atoms with Crippen LogP contribution in [0.3, 0.4) is 0 Å². The molecule has 3 aliphatic rings. The lowest BCUT2D eigenvalue weighted by Gasteiger charge is -2.41. The van der Waals surface area contributed by atoms with Crippen LogP contribution in [-0.4, -0.2) is 153 Å². The van der Waals surface area contributed by atoms with E-state index < -0.39 is 115 Å². The van der Waals surface area contributed by atoms with Gasteiger partial charge in [0.1, 0.15) is 66.9 Å². The van der Waals surface area contributed by atoms with E-state index in [2.05, 4.69) is 67.8 Å². The molecule has 138 heavy (non-hydrogen) atoms. The van der Waals surface area contributed by atoms with Crippen molar-refractivity contribution in [3.05, 3.63) is 255 Å². The van der Waals surface area contributed by atoms with Crippen LogP contribution in [0.15, 0.2) is 107 Å². The van der Waals surface area contributed by atoms with Gasteiger partial charge in [0, 0.05) is 112 Å². The van der Waals surface area contributed by atoms with Gasteiger partial charge in [-0.3, -0.25) is 57.4 Å². The van der Waals surface area contributed by atoms with Gasteiger partial charge in [-0.1, -0.05) is 166 Å². The molecule has 6 N–H and O–H groups in total. The predicted molar refractivity (Wildman–Crippen MR) is 531 cm³/mol. The second kappa shape index (κ2) is 40.8. The molecule has 0 aliphatic carbocycles. The molecule has 42 heteroatoms. The fourth-order valence-corrected chi connectivity index (χ4v) is 19.4. The van der Waals surface area contributed by atoms with Crippen molar-refractivity contribution in [1.29, 1.82) is 15.8 Å². The van der Waals surface area contributed by atoms with Gasteiger partial charge in [0.15, 0.2) is 34.9 Å². The summed E-state index contributed by atoms with van der Waals surface area (Å²) in [7, 11) is 0. The molecule has 714 valence electrons. The van der Waals surface area contributed by atoms with Crippen LogP contribution in [0.25, 0.3) is 83.9 Å². The Balaban J connectivity index is 0.000000175. The molecular weight excluding hydrogens is 1980 g/mol. The standard InChI is InChI=1S/3C32H28Cl3F2N7O2/c1-6-20(45)43-10-9-42(13-16(43)5)30-17-11-19(33)28(21-24(36)25(37)22(34)23(35)26(21)39)41-31(17)44(32(46)18(30)12-38)29-15(4)7-8-40-27(29)14(2)3;2*1-6-20(45)43-10-9-42(13-16(43)5)30-17-11-19(33)28(21-24(36)22(34)23(35)25(37)26(21)39)41-31(17)44(32(46)18(30)12-38)29-15(4)7-8-40-27(29)14(2)3/h3*6-8,11,14,16H,1,9-10,13,39H2,2-5H3/t3*16-/m111/s1. The first-order chi connectivity index (χ1) is 65.2. The number of benzene rings is 3. The fourth-order valence-electron chi connectivity index (χ4n) is 17.6. The van der Waals surface area contributed by atoms with E-state index in [1.165, 1.54) is 50.1 Å². The Labute approximate surface area is 831 Å². The van der Waals surface area contributed by atoms with E-state index in [1.807, 2.05) is 77.0 Å². The summed E-state index contributed by atoms with van der Waals surface area (Å²) in [4.78, 5) is 119. The molecule has 3 fully saturated rings. The number of amides is 3. The maximum absolute atomic E-state index is 15.6. The Morgan fingerprint density at radius 2 is 0.652 bits per heavy atom. The normalized spacial score (nSPS) is 15.0. The Hall–Kier alpha value is -12.7. The van der Waals surface area contributed by atoms with E-state index in [0.29, 0.717) is 50.8 Å². The zero-order chi connectivity index (χ0) is 101. The van der Waals surface area contributed by atoms with Crippen molar-refractivity contribution in [3.8, 4) is 69.0 Å². The summed E-state index contributed by atoms with van der Waals surface area (Å²) in [5.74, 6) is -8.74. The molecule has 3 aromatic carbocycles. The number of carbonyl (C=O) groups is 3. The summed E-state index contributed by atoms with van der Waals surface area (Å²) in [6, 6.07) is 14.7. The monoisotopic (exact) mass is 2060 g/mol. The predicted octanol–water partition coefficient (Wildman–Crippen LogP) is 20.4. The lowest BCUT2D eigenvalue weighted by Crippen LogP contribution is -2.54. The molecule has 12 aromatic rings. The minimum atomic E-state index is -1.45. The van der Waals surface area contributed by atoms with E-state index in [9.17, 15) is 48.9 Å². The van der Waals surface area contributed by atoms with Gasteiger partial charge < -0.3 is 46.6 Å². The van der Waals surface area contributed by atoms with Gasteiger partial charge in [-0.05, 0) is 131 Å². The number of nitrogens with zero attached hydrogens (tertiary/aromatic N) is 18. The Morgan fingerprint density at radius 3 is 0.899 bits per heavy atom. The number of aromatic nitrogens is 9. The van der Waals surface area contributed by atoms with Gasteiger partial charge >= 0.3 is 0 Å². The van der Waals surface area contributed by atoms with E-state index in [0.717, 1.165) is 0 Å². The quantitative estimate of drug-likeness (QED) is 0.0282. The maximum Gasteiger partial charge on any atom is 0.276 e. The van der Waals surface area contributed by atoms with Crippen molar-refractivity contribution < 1.29 is 40.7 Å². The number of halogens is 15. The van der Waals surface area contributed by atoms with Crippen LogP contribution in [0.2, 0.25) is 45.2 Å². The molecule has 3 amide bonds. The van der Waals surface area contributed by atoms with Crippen LogP contribution >= 0.6 is 104 Å². The van der Waals surface area contributed by atoms with Crippen molar-refractivity contribution in [2.24, 2.45) is 0 Å². The van der Waals surface area contributed by atoms with E-state index >= 15 is 22.0 Å². The molecule has 3 atom stereocenters. The number of anilines is 6. The molecule has 0 spiro atoms. The third kappa shape index (κ3) is 18.0. The number of pyridine rings is 9. The number of piperazine rings is 3. The summed E-state index contributed by atoms with van der Waals surface area (Å²) in [5, 5.41) is 27.7. The molecule has 9 aromatic heterocycles. The van der Waals surface area contributed by atoms with Gasteiger partial charge in [0.25, 0.3) is 16.7 Å². The highest BCUT2D eigenvalue weighted by molar-refractivity contribution is 6.45. The Kier molecular flexibility index (Phi) is 30.3. The van der Waals surface area contributed by atoms with E-state index in [-0.39, 0.29) is 212 Å². The first-order valence-electron chi connectivity index (χ1n) is 42.6. The smallest absolute Gasteiger partial charge is 0.276 e. The van der Waals surface area contributed by atoms with Crippen molar-refractivity contribution in [3.63, 3.8) is 0 Å². The summed E-state index contributed by atoms with van der Waals surface area (Å²) in [6.45, 7) is 35.3. The number of hydrogen-bond donors (Lipinski definition) is 3. The number of nitrogen functional groups attached to an aromatic ring is 3. The minimum absolute atomic E-state index is 0.0149. The van der Waals surface area contributed by atoms with E-state index in [1.54, 1.807) is 72.3 Å². The average molecular weight is 2060 g/mol. The van der Waals surface area contributed by atoms with Crippen molar-refractivity contribution >= 4 is 189 Å². The SMILES string of the molecule is C=CC(=O)N1CCN(c2c(C#N)c(=O)n(-c3c(C)ccnc3C(C)C)c3nc(-c4c(N)c(Cl)c(Cl)c(F)c4F)c(Cl)cc23)C[C@H]1C.C=CC(=O)N1CCN(c2c(C#N)c(=O)n(-c3c(C)ccnc3C(C)C)c3nc(-c4c(N)c(F)c(Cl)c(Cl)c4F)c(Cl)cc23)C[C@H]1C.C=CC(=O)N1CCN(c2c(C#N)c(=O)n(-c3c(C)ccnc3C(C)C)c3nc(-c4c(N)c(F)c(Cl)c(Cl)c4F)c(Cl)cc23)C[C@H]1C. The highest BCUT2D eigenvalue weighted by Crippen LogP contribution is 2.50. The van der Waals surface area contributed by atoms with Crippen LogP contribution in [0.5, 0.6) is 0 Å². The Morgan fingerprint density at radius 1 is 0.399 bits per heavy atom. The average Bonchev–Trinajstić information content (AvgIpc) is 0.726. The number of hydrogen-bond acceptors (Lipinski definition) is 21. The van der Waals surface area contributed by atoms with Crippen LogP contribution in [0.4, 0.5) is 60.5 Å². The zero-order valence-corrected chi connectivity index (χ0v) is 82.6. The Bertz CT molecular complexity index is 6790. The summed E-state index contributed by atoms with van der Waals surface area (Å²) in [5.41, 5.74) is 16.4. The highest BCUT2D eigenvalue weighted by Gasteiger charge is 2.40. The minimum Gasteiger partial charge on any atom is -0.397 e. The van der Waals surface area contributed by atoms with E-state index in [4.69, 9.17) is 122 Å². The molecule has 27 nitrogen and oxygen atoms in total. The zero-order valence-electron chi connectivity index (χ0n) is 75.8. The number of carbonyl (C=O) groups excluding carboxylic acids is 3. The first-order valence-corrected chi connectivity index (χ1v) is 46.0. The number of aryl methyl sites for hydroxylation is 3. The lowest BCUT2D eigenvalue weighted by atomic mass is 10.0. The molecule has 0 saturated carbocycles. The lowest BCUT2D eigenvalue weighted by molar-refractivity contribution is -0.129. The van der Waals surface area contributed by atoms with Crippen LogP contribution in [0.1, 0.15) is 131 Å². The summed E-state index contributed by atoms with van der Waals surface area (Å²) >= 11 is 56.0. The van der Waals surface area contributed by atoms with Gasteiger partial charge in [0.2, 0.25) is 17.7 Å². The maximum atomic E-state index is 15.6. The number of fused-ring (bicyclic) bond motifs is 3. The second-order valence-electron chi connectivity index (χ2n) is 33.8. The van der Waals surface area contributed by atoms with Crippen LogP contribution in [-0.2, 0) is 14.4 Å². The second-order valence-corrected chi connectivity index (χ2v) is 37.3. The molecule has 0 bridgehead atoms. The third-order valence-electron chi connectivity index (χ3n) is 24.2. The van der Waals surface area contributed by atoms with Gasteiger partial charge in [-0.2, -0.15) is 15.8 Å². The summed E-state index contributed by atoms with van der Waals surface area (Å²) in [6.07, 6.45) is 8.51. The van der Waals surface area contributed by atoms with Crippen molar-refractivity contribution in [2.45, 2.75) is 119 Å². The molecule has 3 saturated heterocycles. The first kappa shape index (κ1) is 103. The molecule has 15 rings (SSSR count). The van der Waals surface area contributed by atoms with Crippen LogP contribution < -0.4 is 48.6 Å². The molecule has 3 aliphatic heterocycles. The topological polar surface area (TPSA) is 363 Å². The number of nitriles is 3. The largest absolute Gasteiger partial charge is 0.397 e. The molecule has 0 unspecified atom stereocenters. The van der Waals surface area contributed by atoms with Gasteiger partial charge in [-0.15, -0.1) is 0 Å². The van der Waals surface area contributed by atoms with Crippen LogP contribution in [0, 0.1) is 89.7 Å². The van der Waals surface area contributed by atoms with Gasteiger partial charge in [-0.25, -0.2) is 41.3 Å². The summed E-state index contributed by atoms with van der Waals surface area (Å²) < 4.78 is 95.4. The fraction of sp³-hybridized carbons (Fsp3) is 0.281. The highest BCUT2D eigenvalue weighted by atomic mass is 35.5. The number of rotatable bonds is 15. The molecule has 12 heterocycles. The molecular formula is C96H84Cl9F6N21O6.